The van der Waals surface area contributed by atoms with E-state index >= 15 is 0 Å². The van der Waals surface area contributed by atoms with Gasteiger partial charge in [-0.2, -0.15) is 4.31 Å². The fourth-order valence-corrected chi connectivity index (χ4v) is 5.77. The Hall–Kier alpha value is -3.88. The van der Waals surface area contributed by atoms with Crippen LogP contribution in [0.15, 0.2) is 102 Å². The molecule has 0 aliphatic carbocycles. The van der Waals surface area contributed by atoms with E-state index in [2.05, 4.69) is 5.32 Å². The molecule has 0 spiro atoms. The Morgan fingerprint density at radius 2 is 1.49 bits per heavy atom. The molecule has 37 heavy (non-hydrogen) atoms. The van der Waals surface area contributed by atoms with Gasteiger partial charge in [-0.15, -0.1) is 0 Å². The number of hydrogen-bond donors (Lipinski definition) is 1. The van der Waals surface area contributed by atoms with Crippen molar-refractivity contribution in [2.24, 2.45) is 0 Å². The fraction of sp³-hybridized carbons (Fsp3) is 0.207. The summed E-state index contributed by atoms with van der Waals surface area (Å²) in [6.07, 6.45) is 0. The standard InChI is InChI=1S/C29H30N2O5S/c1-3-35-26-18-16-24(17-19-26)30-29(32)20-31(22(2)21-36-25-12-5-4-6-13-25)37(33,34)28-15-9-11-23-10-7-8-14-27(23)28/h4-19,22H,3,20-21H2,1-2H3,(H,30,32). The normalized spacial score (nSPS) is 12.3. The van der Waals surface area contributed by atoms with Crippen molar-refractivity contribution in [1.82, 2.24) is 4.31 Å². The van der Waals surface area contributed by atoms with Crippen LogP contribution < -0.4 is 14.8 Å². The van der Waals surface area contributed by atoms with Crippen LogP contribution in [0.25, 0.3) is 10.8 Å². The first-order valence-electron chi connectivity index (χ1n) is 12.1. The van der Waals surface area contributed by atoms with Crippen LogP contribution in [0.2, 0.25) is 0 Å². The van der Waals surface area contributed by atoms with Crippen LogP contribution in [-0.4, -0.2) is 44.4 Å². The number of sulfonamides is 1. The van der Waals surface area contributed by atoms with Gasteiger partial charge in [-0.1, -0.05) is 54.6 Å². The highest BCUT2D eigenvalue weighted by Crippen LogP contribution is 2.27. The van der Waals surface area contributed by atoms with Crippen molar-refractivity contribution >= 4 is 32.4 Å². The van der Waals surface area contributed by atoms with E-state index in [1.54, 1.807) is 67.6 Å². The molecule has 192 valence electrons. The van der Waals surface area contributed by atoms with Gasteiger partial charge in [0.2, 0.25) is 15.9 Å². The first kappa shape index (κ1) is 26.2. The third-order valence-electron chi connectivity index (χ3n) is 5.81. The summed E-state index contributed by atoms with van der Waals surface area (Å²) < 4.78 is 40.4. The molecule has 0 saturated carbocycles. The minimum absolute atomic E-state index is 0.0738. The Bertz CT molecular complexity index is 1440. The maximum absolute atomic E-state index is 14.0. The third kappa shape index (κ3) is 6.47. The number of hydrogen-bond acceptors (Lipinski definition) is 5. The zero-order chi connectivity index (χ0) is 26.3. The average molecular weight is 519 g/mol. The second-order valence-electron chi connectivity index (χ2n) is 8.51. The van der Waals surface area contributed by atoms with Gasteiger partial charge < -0.3 is 14.8 Å². The van der Waals surface area contributed by atoms with Gasteiger partial charge in [-0.25, -0.2) is 8.42 Å². The van der Waals surface area contributed by atoms with Crippen molar-refractivity contribution in [3.8, 4) is 11.5 Å². The van der Waals surface area contributed by atoms with Gasteiger partial charge in [0.05, 0.1) is 24.1 Å². The van der Waals surface area contributed by atoms with Crippen LogP contribution in [-0.2, 0) is 14.8 Å². The van der Waals surface area contributed by atoms with Crippen molar-refractivity contribution in [2.75, 3.05) is 25.1 Å². The van der Waals surface area contributed by atoms with E-state index < -0.39 is 22.0 Å². The van der Waals surface area contributed by atoms with Gasteiger partial charge in [-0.05, 0) is 61.7 Å². The van der Waals surface area contributed by atoms with E-state index in [9.17, 15) is 13.2 Å². The van der Waals surface area contributed by atoms with Gasteiger partial charge in [0.15, 0.2) is 0 Å². The SMILES string of the molecule is CCOc1ccc(NC(=O)CN(C(C)COc2ccccc2)S(=O)(=O)c2cccc3ccccc23)cc1. The fourth-order valence-electron chi connectivity index (χ4n) is 3.98. The number of rotatable bonds is 11. The van der Waals surface area contributed by atoms with Crippen molar-refractivity contribution in [3.05, 3.63) is 97.1 Å². The molecule has 0 bridgehead atoms. The highest BCUT2D eigenvalue weighted by molar-refractivity contribution is 7.89. The molecule has 0 aliphatic heterocycles. The van der Waals surface area contributed by atoms with E-state index in [4.69, 9.17) is 9.47 Å². The van der Waals surface area contributed by atoms with E-state index in [-0.39, 0.29) is 18.0 Å². The minimum atomic E-state index is -4.06. The second kappa shape index (κ2) is 11.9. The molecular weight excluding hydrogens is 488 g/mol. The van der Waals surface area contributed by atoms with E-state index in [1.807, 2.05) is 43.3 Å². The molecule has 4 aromatic rings. The molecule has 1 atom stereocenters. The number of fused-ring (bicyclic) bond motifs is 1. The summed E-state index contributed by atoms with van der Waals surface area (Å²) in [5, 5.41) is 4.19. The summed E-state index contributed by atoms with van der Waals surface area (Å²) in [6, 6.07) is 27.9. The van der Waals surface area contributed by atoms with Gasteiger partial charge >= 0.3 is 0 Å². The molecule has 0 saturated heterocycles. The maximum atomic E-state index is 14.0. The van der Waals surface area contributed by atoms with Crippen molar-refractivity contribution in [3.63, 3.8) is 0 Å². The number of nitrogens with one attached hydrogen (secondary N) is 1. The first-order valence-corrected chi connectivity index (χ1v) is 13.5. The highest BCUT2D eigenvalue weighted by Gasteiger charge is 2.32. The van der Waals surface area contributed by atoms with Crippen molar-refractivity contribution < 1.29 is 22.7 Å². The van der Waals surface area contributed by atoms with Crippen LogP contribution in [0.4, 0.5) is 5.69 Å². The summed E-state index contributed by atoms with van der Waals surface area (Å²) in [6.45, 7) is 3.86. The van der Waals surface area contributed by atoms with Crippen LogP contribution in [0.1, 0.15) is 13.8 Å². The predicted molar refractivity (Wildman–Crippen MR) is 145 cm³/mol. The predicted octanol–water partition coefficient (Wildman–Crippen LogP) is 5.34. The molecule has 0 aliphatic rings. The molecule has 0 fully saturated rings. The second-order valence-corrected chi connectivity index (χ2v) is 10.4. The summed E-state index contributed by atoms with van der Waals surface area (Å²) in [5.41, 5.74) is 0.546. The Labute approximate surface area is 217 Å². The molecule has 7 nitrogen and oxygen atoms in total. The van der Waals surface area contributed by atoms with Gasteiger partial charge in [0.1, 0.15) is 18.1 Å². The lowest BCUT2D eigenvalue weighted by atomic mass is 10.1. The lowest BCUT2D eigenvalue weighted by Gasteiger charge is -2.28. The van der Waals surface area contributed by atoms with Crippen LogP contribution >= 0.6 is 0 Å². The molecule has 0 heterocycles. The number of anilines is 1. The Balaban J connectivity index is 1.60. The number of ether oxygens (including phenoxy) is 2. The summed E-state index contributed by atoms with van der Waals surface area (Å²) >= 11 is 0. The number of carbonyl (C=O) groups is 1. The summed E-state index contributed by atoms with van der Waals surface area (Å²) in [4.78, 5) is 13.2. The van der Waals surface area contributed by atoms with Crippen molar-refractivity contribution in [1.29, 1.82) is 0 Å². The largest absolute Gasteiger partial charge is 0.494 e. The van der Waals surface area contributed by atoms with Crippen LogP contribution in [0.3, 0.4) is 0 Å². The Morgan fingerprint density at radius 3 is 2.22 bits per heavy atom. The molecule has 0 aromatic heterocycles. The molecule has 1 N–H and O–H groups in total. The number of benzene rings is 4. The zero-order valence-corrected chi connectivity index (χ0v) is 21.6. The highest BCUT2D eigenvalue weighted by atomic mass is 32.2. The maximum Gasteiger partial charge on any atom is 0.244 e. The smallest absolute Gasteiger partial charge is 0.244 e. The zero-order valence-electron chi connectivity index (χ0n) is 20.8. The van der Waals surface area contributed by atoms with Crippen molar-refractivity contribution in [2.45, 2.75) is 24.8 Å². The van der Waals surface area contributed by atoms with E-state index in [0.29, 0.717) is 29.2 Å². The molecule has 4 aromatic carbocycles. The average Bonchev–Trinajstić information content (AvgIpc) is 2.92. The molecule has 8 heteroatoms. The lowest BCUT2D eigenvalue weighted by molar-refractivity contribution is -0.116. The Kier molecular flexibility index (Phi) is 8.43. The lowest BCUT2D eigenvalue weighted by Crippen LogP contribution is -2.46. The number of para-hydroxylation sites is 1. The minimum Gasteiger partial charge on any atom is -0.494 e. The van der Waals surface area contributed by atoms with Crippen LogP contribution in [0.5, 0.6) is 11.5 Å². The third-order valence-corrected chi connectivity index (χ3v) is 7.83. The summed E-state index contributed by atoms with van der Waals surface area (Å²) in [7, 11) is -4.06. The summed E-state index contributed by atoms with van der Waals surface area (Å²) in [5.74, 6) is 0.850. The van der Waals surface area contributed by atoms with Gasteiger partial charge in [0, 0.05) is 11.1 Å². The van der Waals surface area contributed by atoms with Gasteiger partial charge in [0.25, 0.3) is 0 Å². The number of carbonyl (C=O) groups excluding carboxylic acids is 1. The molecule has 0 radical (unpaired) electrons. The molecular formula is C29H30N2O5S. The quantitative estimate of drug-likeness (QED) is 0.290. The van der Waals surface area contributed by atoms with Gasteiger partial charge in [-0.3, -0.25) is 4.79 Å². The topological polar surface area (TPSA) is 84.9 Å². The van der Waals surface area contributed by atoms with Crippen LogP contribution in [0, 0.1) is 0 Å². The first-order chi connectivity index (χ1) is 17.9. The monoisotopic (exact) mass is 518 g/mol. The number of amides is 1. The molecule has 1 unspecified atom stereocenters. The number of nitrogens with zero attached hydrogens (tertiary/aromatic N) is 1. The van der Waals surface area contributed by atoms with E-state index in [1.165, 1.54) is 4.31 Å². The molecule has 4 rings (SSSR count). The Morgan fingerprint density at radius 1 is 0.838 bits per heavy atom. The van der Waals surface area contributed by atoms with E-state index in [0.717, 1.165) is 5.39 Å². The molecule has 1 amide bonds.